The molecule has 3 aliphatic heterocycles. The summed E-state index contributed by atoms with van der Waals surface area (Å²) >= 11 is 0. The minimum Gasteiger partial charge on any atom is -0.466 e. The smallest absolute Gasteiger partial charge is 0.314 e. The van der Waals surface area contributed by atoms with Crippen molar-refractivity contribution in [3.05, 3.63) is 0 Å². The van der Waals surface area contributed by atoms with Crippen LogP contribution >= 0.6 is 24.3 Å². The summed E-state index contributed by atoms with van der Waals surface area (Å²) in [6, 6.07) is 0. The fourth-order valence-electron chi connectivity index (χ4n) is 4.18. The number of hydrogen-bond acceptors (Lipinski definition) is 4. The molecule has 2 atom stereocenters. The van der Waals surface area contributed by atoms with Gasteiger partial charge in [-0.15, -0.1) is 0 Å². The molecule has 0 aromatic carbocycles. The van der Waals surface area contributed by atoms with Crippen LogP contribution in [0.4, 0.5) is 0 Å². The monoisotopic (exact) mass is 472 g/mol. The molecule has 4 nitrogen and oxygen atoms in total. The SMILES string of the molecule is CCOC(=O)[C@@H]1[C@H](C(=O)OCC)C2(C(C)(C)C)P=C(C(C)(C)C)P1C(C(C)(C)C)=P2. The Hall–Kier alpha value is -0.290. The molecule has 3 heterocycles. The highest BCUT2D eigenvalue weighted by atomic mass is 31.2. The van der Waals surface area contributed by atoms with Gasteiger partial charge in [-0.25, -0.2) is 0 Å². The van der Waals surface area contributed by atoms with E-state index in [0.717, 1.165) is 0 Å². The molecule has 0 amide bonds. The number of carbonyl (C=O) groups is 2. The van der Waals surface area contributed by atoms with E-state index in [2.05, 4.69) is 62.3 Å². The fourth-order valence-corrected chi connectivity index (χ4v) is 15.0. The van der Waals surface area contributed by atoms with Gasteiger partial charge in [0.05, 0.1) is 24.0 Å². The molecule has 30 heavy (non-hydrogen) atoms. The van der Waals surface area contributed by atoms with Crippen LogP contribution in [0.25, 0.3) is 0 Å². The first-order chi connectivity index (χ1) is 13.5. The second-order valence-electron chi connectivity index (χ2n) is 11.1. The first-order valence-electron chi connectivity index (χ1n) is 10.9. The molecule has 3 aliphatic rings. The van der Waals surface area contributed by atoms with Gasteiger partial charge in [-0.05, 0) is 48.1 Å². The standard InChI is InChI=1S/C23H39O4P3/c1-12-26-16(24)14-15(17(25)27-13-2)30-18(20(3,4)5)28-23(14,22(9,10)11)29-19(30)21(6,7)8/h14-15H,12-13H2,1-11H3/t14-,15+,23?,30?/m1/s1. The van der Waals surface area contributed by atoms with E-state index >= 15 is 0 Å². The van der Waals surface area contributed by atoms with Gasteiger partial charge in [0.15, 0.2) is 0 Å². The lowest BCUT2D eigenvalue weighted by Gasteiger charge is -2.58. The van der Waals surface area contributed by atoms with E-state index in [1.165, 1.54) is 26.5 Å². The Morgan fingerprint density at radius 2 is 1.23 bits per heavy atom. The Morgan fingerprint density at radius 1 is 0.833 bits per heavy atom. The van der Waals surface area contributed by atoms with Crippen molar-refractivity contribution in [3.8, 4) is 0 Å². The Balaban J connectivity index is 2.96. The van der Waals surface area contributed by atoms with Crippen molar-refractivity contribution in [3.63, 3.8) is 0 Å². The lowest BCUT2D eigenvalue weighted by Crippen LogP contribution is -2.58. The summed E-state index contributed by atoms with van der Waals surface area (Å²) in [5.74, 6) is -0.953. The number of esters is 2. The van der Waals surface area contributed by atoms with Crippen molar-refractivity contribution in [1.29, 1.82) is 0 Å². The van der Waals surface area contributed by atoms with Gasteiger partial charge in [0.2, 0.25) is 0 Å². The van der Waals surface area contributed by atoms with Crippen molar-refractivity contribution in [2.75, 3.05) is 13.2 Å². The van der Waals surface area contributed by atoms with Gasteiger partial charge in [0.25, 0.3) is 0 Å². The average molecular weight is 472 g/mol. The van der Waals surface area contributed by atoms with Gasteiger partial charge in [0.1, 0.15) is 5.66 Å². The number of hydrogen-bond donors (Lipinski definition) is 0. The van der Waals surface area contributed by atoms with E-state index in [4.69, 9.17) is 9.47 Å². The molecule has 0 saturated carbocycles. The first-order valence-corrected chi connectivity index (χ1v) is 14.1. The molecule has 0 fully saturated rings. The van der Waals surface area contributed by atoms with E-state index in [9.17, 15) is 9.59 Å². The molecule has 170 valence electrons. The van der Waals surface area contributed by atoms with Gasteiger partial charge in [-0.2, -0.15) is 0 Å². The molecular formula is C23H39O4P3. The van der Waals surface area contributed by atoms with Gasteiger partial charge in [0, 0.05) is 0 Å². The van der Waals surface area contributed by atoms with Crippen molar-refractivity contribution < 1.29 is 19.1 Å². The molecule has 0 spiro atoms. The van der Waals surface area contributed by atoms with Crippen LogP contribution in [0.3, 0.4) is 0 Å². The normalized spacial score (nSPS) is 30.3. The molecule has 3 rings (SSSR count). The highest BCUT2D eigenvalue weighted by Gasteiger charge is 2.66. The highest BCUT2D eigenvalue weighted by molar-refractivity contribution is 8.07. The summed E-state index contributed by atoms with van der Waals surface area (Å²) < 4.78 is 11.2. The maximum atomic E-state index is 13.5. The molecule has 0 aliphatic carbocycles. The lowest BCUT2D eigenvalue weighted by atomic mass is 9.81. The molecule has 0 N–H and O–H groups in total. The van der Waals surface area contributed by atoms with Crippen molar-refractivity contribution in [1.82, 2.24) is 0 Å². The van der Waals surface area contributed by atoms with E-state index in [1.807, 2.05) is 13.8 Å². The quantitative estimate of drug-likeness (QED) is 0.342. The summed E-state index contributed by atoms with van der Waals surface area (Å²) in [6.45, 7) is 24.4. The van der Waals surface area contributed by atoms with Crippen LogP contribution in [0.5, 0.6) is 0 Å². The number of fused-ring (bicyclic) bond motifs is 1. The molecule has 7 heteroatoms. The second kappa shape index (κ2) is 8.57. The minimum atomic E-state index is -0.949. The first kappa shape index (κ1) is 26.0. The number of rotatable bonds is 4. The Labute approximate surface area is 187 Å². The predicted molar refractivity (Wildman–Crippen MR) is 132 cm³/mol. The molecule has 0 aromatic rings. The maximum Gasteiger partial charge on any atom is 0.314 e. The number of ether oxygens (including phenoxy) is 2. The van der Waals surface area contributed by atoms with Crippen molar-refractivity contribution in [2.45, 2.75) is 86.7 Å². The summed E-state index contributed by atoms with van der Waals surface area (Å²) in [5.41, 5.74) is -0.780. The van der Waals surface area contributed by atoms with Gasteiger partial charge in [-0.3, -0.25) is 9.59 Å². The van der Waals surface area contributed by atoms with E-state index in [1.54, 1.807) is 0 Å². The summed E-state index contributed by atoms with van der Waals surface area (Å²) in [7, 11) is 1.45. The van der Waals surface area contributed by atoms with Crippen LogP contribution in [-0.2, 0) is 19.1 Å². The largest absolute Gasteiger partial charge is 0.466 e. The third kappa shape index (κ3) is 4.44. The minimum absolute atomic E-state index is 0.0550. The summed E-state index contributed by atoms with van der Waals surface area (Å²) in [5, 5.41) is 2.82. The highest BCUT2D eigenvalue weighted by Crippen LogP contribution is 2.76. The Bertz CT molecular complexity index is 731. The molecular weight excluding hydrogens is 433 g/mol. The third-order valence-corrected chi connectivity index (χ3v) is 15.7. The molecule has 0 unspecified atom stereocenters. The molecule has 0 radical (unpaired) electrons. The zero-order valence-corrected chi connectivity index (χ0v) is 23.2. The van der Waals surface area contributed by atoms with E-state index < -0.39 is 24.4 Å². The molecule has 2 bridgehead atoms. The second-order valence-corrected chi connectivity index (χ2v) is 17.1. The topological polar surface area (TPSA) is 52.6 Å². The predicted octanol–water partition coefficient (Wildman–Crippen LogP) is 6.59. The van der Waals surface area contributed by atoms with Crippen molar-refractivity contribution >= 4 is 46.3 Å². The zero-order valence-electron chi connectivity index (χ0n) is 20.5. The molecule has 0 saturated heterocycles. The van der Waals surface area contributed by atoms with Crippen LogP contribution in [0, 0.1) is 22.2 Å². The maximum absolute atomic E-state index is 13.5. The van der Waals surface area contributed by atoms with Gasteiger partial charge >= 0.3 is 11.9 Å². The zero-order chi connectivity index (χ0) is 23.3. The third-order valence-electron chi connectivity index (χ3n) is 5.55. The van der Waals surface area contributed by atoms with Crippen molar-refractivity contribution in [2.24, 2.45) is 22.2 Å². The Kier molecular flexibility index (Phi) is 7.42. The van der Waals surface area contributed by atoms with E-state index in [-0.39, 0.29) is 28.2 Å². The van der Waals surface area contributed by atoms with Crippen LogP contribution < -0.4 is 0 Å². The summed E-state index contributed by atoms with van der Waals surface area (Å²) in [6.07, 6.45) is 0. The Morgan fingerprint density at radius 3 is 1.57 bits per heavy atom. The number of carbonyl (C=O) groups excluding carboxylic acids is 2. The fraction of sp³-hybridized carbons (Fsp3) is 0.826. The van der Waals surface area contributed by atoms with Crippen LogP contribution in [0.2, 0.25) is 0 Å². The van der Waals surface area contributed by atoms with Crippen LogP contribution in [0.1, 0.15) is 76.2 Å². The average Bonchev–Trinajstić information content (AvgIpc) is 2.58. The summed E-state index contributed by atoms with van der Waals surface area (Å²) in [4.78, 5) is 26.5. The van der Waals surface area contributed by atoms with Crippen LogP contribution in [-0.4, -0.2) is 45.8 Å². The van der Waals surface area contributed by atoms with Gasteiger partial charge < -0.3 is 9.47 Å². The molecule has 0 aromatic heterocycles. The van der Waals surface area contributed by atoms with E-state index in [0.29, 0.717) is 13.2 Å². The van der Waals surface area contributed by atoms with Gasteiger partial charge in [-0.1, -0.05) is 78.7 Å². The lowest BCUT2D eigenvalue weighted by molar-refractivity contribution is -0.155. The van der Waals surface area contributed by atoms with Crippen LogP contribution in [0.15, 0.2) is 0 Å².